The number of carbonyl (C=O) groups is 1. The molecular weight excluding hydrogens is 324 g/mol. The minimum absolute atomic E-state index is 0.0642. The lowest BCUT2D eigenvalue weighted by molar-refractivity contribution is -0.115. The number of hydrogen-bond acceptors (Lipinski definition) is 3. The molecule has 0 fully saturated rings. The molecule has 1 N–H and O–H groups in total. The Bertz CT molecular complexity index is 532. The summed E-state index contributed by atoms with van der Waals surface area (Å²) < 4.78 is 0. The third kappa shape index (κ3) is 3.01. The summed E-state index contributed by atoms with van der Waals surface area (Å²) in [4.78, 5) is 13.0. The van der Waals surface area contributed by atoms with Crippen LogP contribution in [0.4, 0.5) is 5.00 Å². The molecule has 102 valence electrons. The summed E-state index contributed by atoms with van der Waals surface area (Å²) in [5, 5.41) is 13.0. The van der Waals surface area contributed by atoms with E-state index in [0.29, 0.717) is 11.5 Å². The number of rotatable bonds is 3. The van der Waals surface area contributed by atoms with Gasteiger partial charge in [0, 0.05) is 4.88 Å². The number of fused-ring (bicyclic) bond motifs is 1. The van der Waals surface area contributed by atoms with E-state index in [9.17, 15) is 10.1 Å². The number of hydrogen-bond donors (Lipinski definition) is 1. The maximum absolute atomic E-state index is 11.9. The first-order chi connectivity index (χ1) is 9.06. The van der Waals surface area contributed by atoms with Crippen LogP contribution in [-0.2, 0) is 17.6 Å². The number of carbonyl (C=O) groups excluding carboxylic acids is 1. The Hall–Kier alpha value is -0.860. The number of nitrogens with zero attached hydrogens (tertiary/aromatic N) is 1. The molecule has 2 rings (SSSR count). The third-order valence-corrected chi connectivity index (χ3v) is 5.74. The van der Waals surface area contributed by atoms with Crippen molar-refractivity contribution in [2.24, 2.45) is 5.92 Å². The molecule has 1 amide bonds. The van der Waals surface area contributed by atoms with Gasteiger partial charge in [-0.25, -0.2) is 0 Å². The Morgan fingerprint density at radius 3 is 3.05 bits per heavy atom. The molecule has 0 spiro atoms. The fourth-order valence-electron chi connectivity index (χ4n) is 2.33. The van der Waals surface area contributed by atoms with Gasteiger partial charge in [0.15, 0.2) is 0 Å². The largest absolute Gasteiger partial charge is 0.316 e. The molecule has 0 bridgehead atoms. The molecule has 0 radical (unpaired) electrons. The lowest BCUT2D eigenvalue weighted by Crippen LogP contribution is -2.21. The van der Waals surface area contributed by atoms with Gasteiger partial charge < -0.3 is 5.32 Å². The molecule has 0 unspecified atom stereocenters. The standard InChI is InChI=1S/C14H17BrN2OS/c1-3-11(15)13(18)17-14-10(7-16)9-5-4-8(2)6-12(9)19-14/h8,11H,3-6H2,1-2H3,(H,17,18)/t8-,11-/m0/s1. The molecular formula is C14H17BrN2OS. The van der Waals surface area contributed by atoms with Crippen molar-refractivity contribution < 1.29 is 4.79 Å². The van der Waals surface area contributed by atoms with Gasteiger partial charge in [-0.1, -0.05) is 29.8 Å². The van der Waals surface area contributed by atoms with Gasteiger partial charge in [-0.3, -0.25) is 4.79 Å². The summed E-state index contributed by atoms with van der Waals surface area (Å²) >= 11 is 4.91. The highest BCUT2D eigenvalue weighted by atomic mass is 79.9. The van der Waals surface area contributed by atoms with E-state index in [2.05, 4.69) is 34.2 Å². The van der Waals surface area contributed by atoms with E-state index in [1.165, 1.54) is 4.88 Å². The zero-order valence-electron chi connectivity index (χ0n) is 11.1. The molecule has 1 heterocycles. The Morgan fingerprint density at radius 2 is 2.42 bits per heavy atom. The first-order valence-corrected chi connectivity index (χ1v) is 8.29. The summed E-state index contributed by atoms with van der Waals surface area (Å²) in [5.41, 5.74) is 1.83. The second-order valence-corrected chi connectivity index (χ2v) is 7.24. The van der Waals surface area contributed by atoms with Gasteiger partial charge in [0.1, 0.15) is 11.1 Å². The first kappa shape index (κ1) is 14.5. The highest BCUT2D eigenvalue weighted by Gasteiger charge is 2.25. The van der Waals surface area contributed by atoms with Gasteiger partial charge in [-0.2, -0.15) is 5.26 Å². The molecule has 19 heavy (non-hydrogen) atoms. The van der Waals surface area contributed by atoms with E-state index in [1.54, 1.807) is 11.3 Å². The van der Waals surface area contributed by atoms with Crippen LogP contribution < -0.4 is 5.32 Å². The van der Waals surface area contributed by atoms with E-state index in [-0.39, 0.29) is 10.7 Å². The van der Waals surface area contributed by atoms with Crippen LogP contribution in [0.2, 0.25) is 0 Å². The fraction of sp³-hybridized carbons (Fsp3) is 0.571. The zero-order chi connectivity index (χ0) is 14.0. The van der Waals surface area contributed by atoms with E-state index in [0.717, 1.165) is 36.2 Å². The maximum atomic E-state index is 11.9. The van der Waals surface area contributed by atoms with E-state index < -0.39 is 0 Å². The Kier molecular flexibility index (Phi) is 4.64. The molecule has 0 aromatic carbocycles. The average Bonchev–Trinajstić information content (AvgIpc) is 2.73. The van der Waals surface area contributed by atoms with E-state index >= 15 is 0 Å². The molecule has 1 aromatic heterocycles. The SMILES string of the molecule is CC[C@H](Br)C(=O)Nc1sc2c(c1C#N)CC[C@H](C)C2. The smallest absolute Gasteiger partial charge is 0.238 e. The molecule has 1 aliphatic rings. The molecule has 5 heteroatoms. The minimum atomic E-state index is -0.197. The second-order valence-electron chi connectivity index (χ2n) is 5.03. The van der Waals surface area contributed by atoms with Crippen molar-refractivity contribution in [2.45, 2.75) is 44.4 Å². The summed E-state index contributed by atoms with van der Waals surface area (Å²) in [6.45, 7) is 4.18. The normalized spacial score (nSPS) is 19.4. The molecule has 1 aliphatic carbocycles. The predicted molar refractivity (Wildman–Crippen MR) is 81.9 cm³/mol. The monoisotopic (exact) mass is 340 g/mol. The summed E-state index contributed by atoms with van der Waals surface area (Å²) in [6.07, 6.45) is 3.84. The van der Waals surface area contributed by atoms with Crippen LogP contribution in [0.25, 0.3) is 0 Å². The summed E-state index contributed by atoms with van der Waals surface area (Å²) in [5.74, 6) is 0.603. The van der Waals surface area contributed by atoms with Gasteiger partial charge in [0.05, 0.1) is 10.4 Å². The van der Waals surface area contributed by atoms with Crippen molar-refractivity contribution in [2.75, 3.05) is 5.32 Å². The predicted octanol–water partition coefficient (Wildman–Crippen LogP) is 3.86. The number of nitrogens with one attached hydrogen (secondary N) is 1. The number of amides is 1. The summed E-state index contributed by atoms with van der Waals surface area (Å²) in [7, 11) is 0. The van der Waals surface area contributed by atoms with Gasteiger partial charge in [-0.05, 0) is 37.2 Å². The number of alkyl halides is 1. The van der Waals surface area contributed by atoms with E-state index in [4.69, 9.17) is 0 Å². The molecule has 1 aromatic rings. The van der Waals surface area contributed by atoms with Crippen molar-refractivity contribution in [3.8, 4) is 6.07 Å². The first-order valence-electron chi connectivity index (χ1n) is 6.56. The van der Waals surface area contributed by atoms with Crippen LogP contribution >= 0.6 is 27.3 Å². The third-order valence-electron chi connectivity index (χ3n) is 3.50. The number of nitriles is 1. The van der Waals surface area contributed by atoms with Gasteiger partial charge in [0.2, 0.25) is 5.91 Å². The van der Waals surface area contributed by atoms with Crippen LogP contribution in [0.5, 0.6) is 0 Å². The van der Waals surface area contributed by atoms with Crippen molar-refractivity contribution in [1.82, 2.24) is 0 Å². The molecule has 0 saturated heterocycles. The number of anilines is 1. The molecule has 3 nitrogen and oxygen atoms in total. The van der Waals surface area contributed by atoms with Gasteiger partial charge in [0.25, 0.3) is 0 Å². The molecule has 0 aliphatic heterocycles. The lowest BCUT2D eigenvalue weighted by Gasteiger charge is -2.17. The topological polar surface area (TPSA) is 52.9 Å². The van der Waals surface area contributed by atoms with Gasteiger partial charge >= 0.3 is 0 Å². The van der Waals surface area contributed by atoms with Crippen LogP contribution in [0.3, 0.4) is 0 Å². The Balaban J connectivity index is 2.27. The van der Waals surface area contributed by atoms with Crippen LogP contribution in [0.1, 0.15) is 42.7 Å². The van der Waals surface area contributed by atoms with Crippen LogP contribution in [-0.4, -0.2) is 10.7 Å². The minimum Gasteiger partial charge on any atom is -0.316 e. The van der Waals surface area contributed by atoms with Crippen LogP contribution in [0, 0.1) is 17.2 Å². The Labute approximate surface area is 126 Å². The highest BCUT2D eigenvalue weighted by Crippen LogP contribution is 2.39. The highest BCUT2D eigenvalue weighted by molar-refractivity contribution is 9.10. The number of thiophene rings is 1. The average molecular weight is 341 g/mol. The molecule has 0 saturated carbocycles. The number of halogens is 1. The Morgan fingerprint density at radius 1 is 1.68 bits per heavy atom. The van der Waals surface area contributed by atoms with Gasteiger partial charge in [-0.15, -0.1) is 11.3 Å². The lowest BCUT2D eigenvalue weighted by atomic mass is 9.89. The van der Waals surface area contributed by atoms with Crippen molar-refractivity contribution >= 4 is 38.2 Å². The van der Waals surface area contributed by atoms with Crippen molar-refractivity contribution in [1.29, 1.82) is 5.26 Å². The quantitative estimate of drug-likeness (QED) is 0.849. The van der Waals surface area contributed by atoms with Crippen molar-refractivity contribution in [3.63, 3.8) is 0 Å². The van der Waals surface area contributed by atoms with Crippen molar-refractivity contribution in [3.05, 3.63) is 16.0 Å². The summed E-state index contributed by atoms with van der Waals surface area (Å²) in [6, 6.07) is 2.26. The zero-order valence-corrected chi connectivity index (χ0v) is 13.5. The van der Waals surface area contributed by atoms with Crippen LogP contribution in [0.15, 0.2) is 0 Å². The molecule has 2 atom stereocenters. The van der Waals surface area contributed by atoms with E-state index in [1.807, 2.05) is 6.92 Å². The fourth-order valence-corrected chi connectivity index (χ4v) is 3.81. The second kappa shape index (κ2) is 6.06. The maximum Gasteiger partial charge on any atom is 0.238 e.